The second kappa shape index (κ2) is 4.55. The van der Waals surface area contributed by atoms with Crippen LogP contribution in [0.5, 0.6) is 0 Å². The Morgan fingerprint density at radius 2 is 1.83 bits per heavy atom. The summed E-state index contributed by atoms with van der Waals surface area (Å²) >= 11 is 0. The molecule has 0 radical (unpaired) electrons. The van der Waals surface area contributed by atoms with Gasteiger partial charge in [0.15, 0.2) is 0 Å². The van der Waals surface area contributed by atoms with Crippen molar-refractivity contribution in [3.8, 4) is 0 Å². The van der Waals surface area contributed by atoms with Gasteiger partial charge in [-0.15, -0.1) is 0 Å². The van der Waals surface area contributed by atoms with E-state index in [1.54, 1.807) is 0 Å². The first-order chi connectivity index (χ1) is 8.33. The lowest BCUT2D eigenvalue weighted by Crippen LogP contribution is -2.34. The van der Waals surface area contributed by atoms with Gasteiger partial charge in [-0.05, 0) is 25.0 Å². The predicted octanol–water partition coefficient (Wildman–Crippen LogP) is 2.95. The number of benzene rings is 1. The minimum absolute atomic E-state index is 0.0759. The molecule has 1 fully saturated rings. The van der Waals surface area contributed by atoms with Crippen LogP contribution in [0.4, 0.5) is 13.2 Å². The summed E-state index contributed by atoms with van der Waals surface area (Å²) in [5.74, 6) is -0.305. The fourth-order valence-corrected chi connectivity index (χ4v) is 2.37. The summed E-state index contributed by atoms with van der Waals surface area (Å²) in [7, 11) is 0. The average molecular weight is 260 g/mol. The maximum atomic E-state index is 12.9. The summed E-state index contributed by atoms with van der Waals surface area (Å²) < 4.78 is 43.9. The summed E-state index contributed by atoms with van der Waals surface area (Å²) in [6.07, 6.45) is -3.89. The Morgan fingerprint density at radius 1 is 1.22 bits per heavy atom. The van der Waals surface area contributed by atoms with Crippen molar-refractivity contribution in [2.75, 3.05) is 13.2 Å². The summed E-state index contributed by atoms with van der Waals surface area (Å²) in [6.45, 7) is 2.20. The molecule has 5 heteroatoms. The highest BCUT2D eigenvalue weighted by atomic mass is 19.4. The Balaban J connectivity index is 2.43. The lowest BCUT2D eigenvalue weighted by Gasteiger charge is -2.32. The van der Waals surface area contributed by atoms with Crippen molar-refractivity contribution < 1.29 is 23.0 Å². The van der Waals surface area contributed by atoms with Crippen molar-refractivity contribution in [3.63, 3.8) is 0 Å². The third-order valence-electron chi connectivity index (χ3n) is 3.50. The molecule has 0 bridgehead atoms. The fourth-order valence-electron chi connectivity index (χ4n) is 2.37. The maximum Gasteiger partial charge on any atom is 0.416 e. The average Bonchev–Trinajstić information content (AvgIpc) is 2.82. The molecule has 18 heavy (non-hydrogen) atoms. The minimum Gasteiger partial charge on any atom is -0.385 e. The Labute approximate surface area is 103 Å². The van der Waals surface area contributed by atoms with E-state index in [2.05, 4.69) is 0 Å². The molecule has 1 aromatic carbocycles. The van der Waals surface area contributed by atoms with Gasteiger partial charge in [0.2, 0.25) is 0 Å². The van der Waals surface area contributed by atoms with Gasteiger partial charge < -0.3 is 9.84 Å². The normalized spacial score (nSPS) is 23.9. The number of hydrogen-bond acceptors (Lipinski definition) is 2. The Kier molecular flexibility index (Phi) is 3.38. The second-order valence-electron chi connectivity index (χ2n) is 4.75. The van der Waals surface area contributed by atoms with E-state index in [1.165, 1.54) is 25.1 Å². The van der Waals surface area contributed by atoms with Gasteiger partial charge in [0, 0.05) is 12.5 Å². The van der Waals surface area contributed by atoms with Gasteiger partial charge in [0.1, 0.15) is 0 Å². The topological polar surface area (TPSA) is 29.5 Å². The van der Waals surface area contributed by atoms with Crippen molar-refractivity contribution in [1.29, 1.82) is 0 Å². The molecule has 1 N–H and O–H groups in total. The molecule has 1 heterocycles. The Morgan fingerprint density at radius 3 is 2.33 bits per heavy atom. The zero-order valence-electron chi connectivity index (χ0n) is 10.00. The van der Waals surface area contributed by atoms with E-state index in [4.69, 9.17) is 4.74 Å². The molecule has 0 aliphatic carbocycles. The van der Waals surface area contributed by atoms with Crippen LogP contribution < -0.4 is 0 Å². The first kappa shape index (κ1) is 13.4. The van der Waals surface area contributed by atoms with E-state index < -0.39 is 17.3 Å². The Bertz CT molecular complexity index is 420. The van der Waals surface area contributed by atoms with Gasteiger partial charge in [-0.25, -0.2) is 0 Å². The maximum absolute atomic E-state index is 12.9. The van der Waals surface area contributed by atoms with E-state index in [0.717, 1.165) is 6.07 Å². The molecule has 1 saturated heterocycles. The van der Waals surface area contributed by atoms with E-state index in [-0.39, 0.29) is 11.5 Å². The number of ether oxygens (including phenoxy) is 1. The first-order valence-corrected chi connectivity index (χ1v) is 5.80. The zero-order chi connectivity index (χ0) is 13.4. The molecular weight excluding hydrogens is 245 g/mol. The van der Waals surface area contributed by atoms with Crippen LogP contribution >= 0.6 is 0 Å². The van der Waals surface area contributed by atoms with Gasteiger partial charge >= 0.3 is 6.18 Å². The van der Waals surface area contributed by atoms with Gasteiger partial charge in [-0.3, -0.25) is 0 Å². The van der Waals surface area contributed by atoms with E-state index in [9.17, 15) is 18.3 Å². The number of aliphatic hydroxyl groups is 1. The highest BCUT2D eigenvalue weighted by Crippen LogP contribution is 2.41. The largest absolute Gasteiger partial charge is 0.416 e. The molecule has 2 atom stereocenters. The molecule has 0 saturated carbocycles. The third-order valence-corrected chi connectivity index (χ3v) is 3.50. The molecule has 1 aliphatic rings. The summed E-state index contributed by atoms with van der Waals surface area (Å²) in [4.78, 5) is 0. The number of rotatable bonds is 2. The lowest BCUT2D eigenvalue weighted by molar-refractivity contribution is -0.141. The van der Waals surface area contributed by atoms with E-state index in [0.29, 0.717) is 19.6 Å². The third kappa shape index (κ3) is 2.37. The van der Waals surface area contributed by atoms with Gasteiger partial charge in [-0.1, -0.05) is 18.2 Å². The Hall–Kier alpha value is -1.07. The highest BCUT2D eigenvalue weighted by Gasteiger charge is 2.43. The molecule has 1 aromatic rings. The molecule has 0 aromatic heterocycles. The van der Waals surface area contributed by atoms with Gasteiger partial charge in [0.25, 0.3) is 0 Å². The van der Waals surface area contributed by atoms with Crippen molar-refractivity contribution in [1.82, 2.24) is 0 Å². The van der Waals surface area contributed by atoms with Crippen LogP contribution in [0.15, 0.2) is 24.3 Å². The summed E-state index contributed by atoms with van der Waals surface area (Å²) in [5, 5.41) is 10.4. The van der Waals surface area contributed by atoms with Gasteiger partial charge in [-0.2, -0.15) is 13.2 Å². The molecule has 0 spiro atoms. The molecule has 2 nitrogen and oxygen atoms in total. The van der Waals surface area contributed by atoms with Crippen molar-refractivity contribution >= 4 is 0 Å². The highest BCUT2D eigenvalue weighted by molar-refractivity contribution is 5.34. The van der Waals surface area contributed by atoms with E-state index >= 15 is 0 Å². The van der Waals surface area contributed by atoms with Crippen LogP contribution in [0.25, 0.3) is 0 Å². The molecule has 1 aliphatic heterocycles. The predicted molar refractivity (Wildman–Crippen MR) is 59.9 cm³/mol. The van der Waals surface area contributed by atoms with Crippen LogP contribution in [-0.2, 0) is 16.5 Å². The smallest absolute Gasteiger partial charge is 0.385 e. The summed E-state index contributed by atoms with van der Waals surface area (Å²) in [6, 6.07) is 5.17. The first-order valence-electron chi connectivity index (χ1n) is 5.80. The SMILES string of the molecule is CC(O)(c1ccccc1C(F)(F)F)C1CCOC1. The standard InChI is InChI=1S/C13H15F3O2/c1-12(17,9-6-7-18-8-9)10-4-2-3-5-11(10)13(14,15)16/h2-5,9,17H,6-8H2,1H3. The zero-order valence-corrected chi connectivity index (χ0v) is 10.00. The molecule has 2 unspecified atom stereocenters. The number of halogens is 3. The van der Waals surface area contributed by atoms with Crippen LogP contribution in [0.3, 0.4) is 0 Å². The number of hydrogen-bond donors (Lipinski definition) is 1. The monoisotopic (exact) mass is 260 g/mol. The molecule has 100 valence electrons. The van der Waals surface area contributed by atoms with Crippen molar-refractivity contribution in [2.45, 2.75) is 25.1 Å². The van der Waals surface area contributed by atoms with Crippen LogP contribution in [0.2, 0.25) is 0 Å². The fraction of sp³-hybridized carbons (Fsp3) is 0.538. The van der Waals surface area contributed by atoms with Crippen LogP contribution in [0.1, 0.15) is 24.5 Å². The second-order valence-corrected chi connectivity index (χ2v) is 4.75. The molecular formula is C13H15F3O2. The van der Waals surface area contributed by atoms with Crippen molar-refractivity contribution in [3.05, 3.63) is 35.4 Å². The van der Waals surface area contributed by atoms with Crippen molar-refractivity contribution in [2.24, 2.45) is 5.92 Å². The molecule has 2 rings (SSSR count). The van der Waals surface area contributed by atoms with Crippen LogP contribution in [0, 0.1) is 5.92 Å². The lowest BCUT2D eigenvalue weighted by atomic mass is 9.80. The number of alkyl halides is 3. The van der Waals surface area contributed by atoms with Crippen LogP contribution in [-0.4, -0.2) is 18.3 Å². The molecule has 0 amide bonds. The minimum atomic E-state index is -4.46. The van der Waals surface area contributed by atoms with Gasteiger partial charge in [0.05, 0.1) is 17.8 Å². The van der Waals surface area contributed by atoms with E-state index in [1.807, 2.05) is 0 Å². The quantitative estimate of drug-likeness (QED) is 0.885. The summed E-state index contributed by atoms with van der Waals surface area (Å²) in [5.41, 5.74) is -2.38.